The van der Waals surface area contributed by atoms with Crippen molar-refractivity contribution in [3.63, 3.8) is 0 Å². The SMILES string of the molecule is Brc1cccc(-c2nncn2C2CCCCC2)n1. The van der Waals surface area contributed by atoms with E-state index in [4.69, 9.17) is 0 Å². The van der Waals surface area contributed by atoms with Crippen LogP contribution in [0.4, 0.5) is 0 Å². The first kappa shape index (κ1) is 11.8. The van der Waals surface area contributed by atoms with Crippen molar-refractivity contribution in [1.82, 2.24) is 19.7 Å². The lowest BCUT2D eigenvalue weighted by atomic mass is 9.95. The molecule has 3 rings (SSSR count). The summed E-state index contributed by atoms with van der Waals surface area (Å²) in [6.45, 7) is 0. The van der Waals surface area contributed by atoms with Crippen molar-refractivity contribution in [1.29, 1.82) is 0 Å². The number of aromatic nitrogens is 4. The molecule has 0 atom stereocenters. The third-order valence-electron chi connectivity index (χ3n) is 3.49. The number of pyridine rings is 1. The summed E-state index contributed by atoms with van der Waals surface area (Å²) in [5, 5.41) is 8.29. The van der Waals surface area contributed by atoms with Gasteiger partial charge in [0.25, 0.3) is 0 Å². The molecule has 0 spiro atoms. The Balaban J connectivity index is 1.95. The van der Waals surface area contributed by atoms with Gasteiger partial charge in [0.2, 0.25) is 0 Å². The van der Waals surface area contributed by atoms with Gasteiger partial charge >= 0.3 is 0 Å². The van der Waals surface area contributed by atoms with Gasteiger partial charge in [-0.25, -0.2) is 4.98 Å². The molecule has 0 N–H and O–H groups in total. The Morgan fingerprint density at radius 2 is 2.00 bits per heavy atom. The Labute approximate surface area is 115 Å². The van der Waals surface area contributed by atoms with E-state index in [0.29, 0.717) is 6.04 Å². The van der Waals surface area contributed by atoms with Crippen LogP contribution >= 0.6 is 15.9 Å². The summed E-state index contributed by atoms with van der Waals surface area (Å²) in [4.78, 5) is 4.46. The van der Waals surface area contributed by atoms with Crippen LogP contribution in [0.5, 0.6) is 0 Å². The molecule has 0 saturated heterocycles. The molecule has 2 aromatic heterocycles. The van der Waals surface area contributed by atoms with E-state index in [1.165, 1.54) is 32.1 Å². The smallest absolute Gasteiger partial charge is 0.182 e. The van der Waals surface area contributed by atoms with Gasteiger partial charge in [-0.15, -0.1) is 10.2 Å². The van der Waals surface area contributed by atoms with Crippen LogP contribution in [0.3, 0.4) is 0 Å². The van der Waals surface area contributed by atoms with Gasteiger partial charge in [-0.3, -0.25) is 0 Å². The van der Waals surface area contributed by atoms with Crippen molar-refractivity contribution in [2.75, 3.05) is 0 Å². The van der Waals surface area contributed by atoms with Crippen LogP contribution in [0.2, 0.25) is 0 Å². The van der Waals surface area contributed by atoms with Gasteiger partial charge in [0, 0.05) is 6.04 Å². The van der Waals surface area contributed by atoms with Crippen LogP contribution in [0.15, 0.2) is 29.1 Å². The normalized spacial score (nSPS) is 16.9. The second kappa shape index (κ2) is 5.18. The molecule has 2 aromatic rings. The van der Waals surface area contributed by atoms with Gasteiger partial charge in [0.1, 0.15) is 16.6 Å². The molecule has 18 heavy (non-hydrogen) atoms. The lowest BCUT2D eigenvalue weighted by Crippen LogP contribution is -2.13. The van der Waals surface area contributed by atoms with Crippen LogP contribution in [-0.2, 0) is 0 Å². The molecule has 0 unspecified atom stereocenters. The average molecular weight is 307 g/mol. The first-order valence-electron chi connectivity index (χ1n) is 6.37. The molecule has 1 aliphatic rings. The van der Waals surface area contributed by atoms with Gasteiger partial charge in [-0.1, -0.05) is 25.3 Å². The average Bonchev–Trinajstić information content (AvgIpc) is 2.89. The number of nitrogens with zero attached hydrogens (tertiary/aromatic N) is 4. The van der Waals surface area contributed by atoms with Crippen molar-refractivity contribution >= 4 is 15.9 Å². The fourth-order valence-corrected chi connectivity index (χ4v) is 2.93. The maximum Gasteiger partial charge on any atom is 0.182 e. The Bertz CT molecular complexity index is 531. The monoisotopic (exact) mass is 306 g/mol. The van der Waals surface area contributed by atoms with Crippen molar-refractivity contribution in [3.8, 4) is 11.5 Å². The zero-order chi connectivity index (χ0) is 12.4. The van der Waals surface area contributed by atoms with Gasteiger partial charge in [-0.2, -0.15) is 0 Å². The topological polar surface area (TPSA) is 43.6 Å². The molecule has 1 saturated carbocycles. The van der Waals surface area contributed by atoms with Crippen LogP contribution in [0, 0.1) is 0 Å². The first-order chi connectivity index (χ1) is 8.84. The van der Waals surface area contributed by atoms with Crippen molar-refractivity contribution in [2.45, 2.75) is 38.1 Å². The summed E-state index contributed by atoms with van der Waals surface area (Å²) in [5.74, 6) is 0.878. The van der Waals surface area contributed by atoms with Crippen molar-refractivity contribution < 1.29 is 0 Å². The number of hydrogen-bond acceptors (Lipinski definition) is 3. The summed E-state index contributed by atoms with van der Waals surface area (Å²) in [6.07, 6.45) is 8.23. The second-order valence-corrected chi connectivity index (χ2v) is 5.51. The lowest BCUT2D eigenvalue weighted by molar-refractivity contribution is 0.354. The maximum atomic E-state index is 4.46. The minimum absolute atomic E-state index is 0.532. The molecular formula is C13H15BrN4. The molecule has 0 amide bonds. The molecule has 1 fully saturated rings. The van der Waals surface area contributed by atoms with Gasteiger partial charge in [0.05, 0.1) is 0 Å². The van der Waals surface area contributed by atoms with E-state index in [-0.39, 0.29) is 0 Å². The summed E-state index contributed by atoms with van der Waals surface area (Å²) in [7, 11) is 0. The molecular weight excluding hydrogens is 292 g/mol. The van der Waals surface area contributed by atoms with Crippen molar-refractivity contribution in [2.24, 2.45) is 0 Å². The first-order valence-corrected chi connectivity index (χ1v) is 7.16. The molecule has 5 heteroatoms. The summed E-state index contributed by atoms with van der Waals surface area (Å²) in [6, 6.07) is 6.41. The van der Waals surface area contributed by atoms with Gasteiger partial charge in [0.15, 0.2) is 5.82 Å². The van der Waals surface area contributed by atoms with E-state index < -0.39 is 0 Å². The number of halogens is 1. The predicted octanol–water partition coefficient (Wildman–Crippen LogP) is 3.61. The standard InChI is InChI=1S/C13H15BrN4/c14-12-8-4-7-11(16-12)13-17-15-9-18(13)10-5-2-1-3-6-10/h4,7-10H,1-3,5-6H2. The quantitative estimate of drug-likeness (QED) is 0.796. The Morgan fingerprint density at radius 1 is 1.17 bits per heavy atom. The third-order valence-corrected chi connectivity index (χ3v) is 3.93. The van der Waals surface area contributed by atoms with E-state index in [9.17, 15) is 0 Å². The predicted molar refractivity (Wildman–Crippen MR) is 73.1 cm³/mol. The number of rotatable bonds is 2. The Kier molecular flexibility index (Phi) is 3.41. The molecule has 0 bridgehead atoms. The molecule has 4 nitrogen and oxygen atoms in total. The highest BCUT2D eigenvalue weighted by Gasteiger charge is 2.19. The Morgan fingerprint density at radius 3 is 2.78 bits per heavy atom. The fourth-order valence-electron chi connectivity index (χ4n) is 2.59. The summed E-state index contributed by atoms with van der Waals surface area (Å²) >= 11 is 3.40. The fraction of sp³-hybridized carbons (Fsp3) is 0.462. The Hall–Kier alpha value is -1.23. The summed E-state index contributed by atoms with van der Waals surface area (Å²) in [5.41, 5.74) is 0.882. The molecule has 0 radical (unpaired) electrons. The van der Waals surface area contributed by atoms with E-state index in [1.807, 2.05) is 24.5 Å². The second-order valence-electron chi connectivity index (χ2n) is 4.70. The maximum absolute atomic E-state index is 4.46. The summed E-state index contributed by atoms with van der Waals surface area (Å²) < 4.78 is 3.02. The molecule has 94 valence electrons. The third kappa shape index (κ3) is 2.32. The molecule has 0 aliphatic heterocycles. The largest absolute Gasteiger partial charge is 0.309 e. The van der Waals surface area contributed by atoms with Crippen LogP contribution in [0.25, 0.3) is 11.5 Å². The zero-order valence-corrected chi connectivity index (χ0v) is 11.7. The van der Waals surface area contributed by atoms with Gasteiger partial charge in [-0.05, 0) is 40.9 Å². The van der Waals surface area contributed by atoms with E-state index >= 15 is 0 Å². The van der Waals surface area contributed by atoms with Crippen LogP contribution in [0.1, 0.15) is 38.1 Å². The molecule has 1 aliphatic carbocycles. The molecule has 2 heterocycles. The highest BCUT2D eigenvalue weighted by atomic mass is 79.9. The minimum atomic E-state index is 0.532. The van der Waals surface area contributed by atoms with Gasteiger partial charge < -0.3 is 4.57 Å². The van der Waals surface area contributed by atoms with Crippen molar-refractivity contribution in [3.05, 3.63) is 29.1 Å². The zero-order valence-electron chi connectivity index (χ0n) is 10.1. The minimum Gasteiger partial charge on any atom is -0.309 e. The lowest BCUT2D eigenvalue weighted by Gasteiger charge is -2.23. The van der Waals surface area contributed by atoms with Crippen LogP contribution in [-0.4, -0.2) is 19.7 Å². The van der Waals surface area contributed by atoms with Crippen LogP contribution < -0.4 is 0 Å². The highest BCUT2D eigenvalue weighted by Crippen LogP contribution is 2.30. The highest BCUT2D eigenvalue weighted by molar-refractivity contribution is 9.10. The van der Waals surface area contributed by atoms with E-state index in [0.717, 1.165) is 16.1 Å². The van der Waals surface area contributed by atoms with E-state index in [2.05, 4.69) is 35.7 Å². The number of hydrogen-bond donors (Lipinski definition) is 0. The van der Waals surface area contributed by atoms with E-state index in [1.54, 1.807) is 0 Å². The molecule has 0 aromatic carbocycles.